The highest BCUT2D eigenvalue weighted by atomic mass is 16.5. The van der Waals surface area contributed by atoms with Crippen LogP contribution in [0.1, 0.15) is 95.9 Å². The van der Waals surface area contributed by atoms with E-state index in [1.54, 1.807) is 13.8 Å². The molecule has 39 heavy (non-hydrogen) atoms. The number of ketones is 1. The first-order valence-corrected chi connectivity index (χ1v) is 12.8. The minimum Gasteiger partial charge on any atom is -0.371 e. The van der Waals surface area contributed by atoms with Gasteiger partial charge >= 0.3 is 0 Å². The van der Waals surface area contributed by atoms with Crippen molar-refractivity contribution in [3.63, 3.8) is 0 Å². The molecule has 8 heteroatoms. The molecule has 0 bridgehead atoms. The van der Waals surface area contributed by atoms with Crippen LogP contribution in [0.15, 0.2) is 0 Å². The van der Waals surface area contributed by atoms with E-state index in [4.69, 9.17) is 4.74 Å². The molecule has 0 fully saturated rings. The Bertz CT molecular complexity index is 893. The number of amides is 3. The Morgan fingerprint density at radius 2 is 0.974 bits per heavy atom. The first-order valence-electron chi connectivity index (χ1n) is 12.8. The Balaban J connectivity index is -0.000000215. The van der Waals surface area contributed by atoms with E-state index in [1.807, 2.05) is 55.4 Å². The number of Topliss-reactive ketones (excluding diaryl/α,β-unsaturated/α-hetero) is 1. The van der Waals surface area contributed by atoms with Gasteiger partial charge in [0.25, 0.3) is 0 Å². The lowest BCUT2D eigenvalue weighted by atomic mass is 10.3. The molecule has 0 radical (unpaired) electrons. The summed E-state index contributed by atoms with van der Waals surface area (Å²) in [5.41, 5.74) is 0. The summed E-state index contributed by atoms with van der Waals surface area (Å²) in [5.74, 6) is 20.9. The Kier molecular flexibility index (Phi) is 33.1. The molecule has 0 aliphatic heterocycles. The minimum absolute atomic E-state index is 0.0370. The lowest BCUT2D eigenvalue weighted by Gasteiger charge is -2.04. The number of carbonyl (C=O) groups excluding carboxylic acids is 4. The van der Waals surface area contributed by atoms with Gasteiger partial charge in [0, 0.05) is 25.0 Å². The molecule has 0 atom stereocenters. The van der Waals surface area contributed by atoms with Gasteiger partial charge in [0.05, 0.1) is 18.9 Å². The zero-order chi connectivity index (χ0) is 31.2. The fourth-order valence-electron chi connectivity index (χ4n) is 1.90. The maximum absolute atomic E-state index is 11.0. The molecule has 3 N–H and O–H groups in total. The molecule has 0 spiro atoms. The molecule has 0 aromatic rings. The average Bonchev–Trinajstić information content (AvgIpc) is 2.78. The monoisotopic (exact) mass is 543 g/mol. The number of carbonyl (C=O) groups is 4. The number of nitrogens with one attached hydrogen (secondary N) is 3. The zero-order valence-electron chi connectivity index (χ0n) is 26.0. The van der Waals surface area contributed by atoms with Gasteiger partial charge in [-0.05, 0) is 99.8 Å². The minimum atomic E-state index is -0.0459. The molecule has 3 amide bonds. The molecule has 0 heterocycles. The fraction of sp³-hybridized carbons (Fsp3) is 0.613. The molecule has 0 aliphatic rings. The Labute approximate surface area is 237 Å². The topological polar surface area (TPSA) is 114 Å². The van der Waals surface area contributed by atoms with Crippen LogP contribution in [0.25, 0.3) is 0 Å². The van der Waals surface area contributed by atoms with Crippen LogP contribution in [0.4, 0.5) is 0 Å². The molecule has 0 unspecified atom stereocenters. The summed E-state index contributed by atoms with van der Waals surface area (Å²) in [7, 11) is 0. The van der Waals surface area contributed by atoms with Crippen molar-refractivity contribution in [2.24, 2.45) is 0 Å². The van der Waals surface area contributed by atoms with Gasteiger partial charge in [0.1, 0.15) is 6.61 Å². The van der Waals surface area contributed by atoms with Crippen LogP contribution in [0.2, 0.25) is 0 Å². The molecule has 0 aromatic carbocycles. The maximum atomic E-state index is 11.0. The molecule has 0 saturated heterocycles. The predicted octanol–water partition coefficient (Wildman–Crippen LogP) is 3.39. The summed E-state index contributed by atoms with van der Waals surface area (Å²) in [6, 6.07) is 0.630. The maximum Gasteiger partial charge on any atom is 0.232 e. The molecular formula is C31H49N3O5. The van der Waals surface area contributed by atoms with Crippen molar-refractivity contribution in [1.82, 2.24) is 16.0 Å². The molecule has 0 saturated carbocycles. The smallest absolute Gasteiger partial charge is 0.232 e. The van der Waals surface area contributed by atoms with Crippen molar-refractivity contribution >= 4 is 23.5 Å². The van der Waals surface area contributed by atoms with Crippen molar-refractivity contribution in [2.75, 3.05) is 6.61 Å². The average molecular weight is 544 g/mol. The Morgan fingerprint density at radius 3 is 1.15 bits per heavy atom. The Hall–Kier alpha value is -3.72. The van der Waals surface area contributed by atoms with E-state index in [-0.39, 0.29) is 67.2 Å². The summed E-state index contributed by atoms with van der Waals surface area (Å²) in [4.78, 5) is 42.3. The van der Waals surface area contributed by atoms with Crippen LogP contribution >= 0.6 is 0 Å². The second-order valence-corrected chi connectivity index (χ2v) is 9.07. The summed E-state index contributed by atoms with van der Waals surface area (Å²) in [6.07, 6.45) is 0.624. The van der Waals surface area contributed by atoms with Gasteiger partial charge in [-0.3, -0.25) is 19.2 Å². The van der Waals surface area contributed by atoms with Crippen molar-refractivity contribution in [3.8, 4) is 47.4 Å². The normalized spacial score (nSPS) is 8.41. The quantitative estimate of drug-likeness (QED) is 0.406. The highest BCUT2D eigenvalue weighted by Crippen LogP contribution is 1.86. The number of hydrogen-bond donors (Lipinski definition) is 3. The summed E-state index contributed by atoms with van der Waals surface area (Å²) < 4.78 is 4.95. The van der Waals surface area contributed by atoms with Gasteiger partial charge in [-0.2, -0.15) is 0 Å². The van der Waals surface area contributed by atoms with Crippen molar-refractivity contribution in [3.05, 3.63) is 0 Å². The summed E-state index contributed by atoms with van der Waals surface area (Å²) >= 11 is 0. The van der Waals surface area contributed by atoms with E-state index < -0.39 is 0 Å². The third kappa shape index (κ3) is 55.9. The first-order chi connectivity index (χ1) is 18.1. The van der Waals surface area contributed by atoms with Crippen molar-refractivity contribution < 1.29 is 23.9 Å². The first kappa shape index (κ1) is 42.4. The molecular weight excluding hydrogens is 494 g/mol. The second kappa shape index (κ2) is 30.5. The molecule has 218 valence electrons. The Morgan fingerprint density at radius 1 is 0.615 bits per heavy atom. The van der Waals surface area contributed by atoms with Crippen molar-refractivity contribution in [1.29, 1.82) is 0 Å². The predicted molar refractivity (Wildman–Crippen MR) is 159 cm³/mol. The largest absolute Gasteiger partial charge is 0.371 e. The molecule has 0 rings (SSSR count). The van der Waals surface area contributed by atoms with E-state index in [9.17, 15) is 19.2 Å². The standard InChI is InChI=1S/2C10H13NO.C6H12O2.C5H11NO/c2*1-4-5-6-7-8-10(12)11-9(2)3;1-5(2)8-4-6(3)7;1-4(2)6-5(3)7/h2*9H,8H2,1-3H3,(H,11,12);5H,4H2,1-3H3;4H,1-3H3,(H,6,7). The van der Waals surface area contributed by atoms with Gasteiger partial charge in [-0.25, -0.2) is 0 Å². The van der Waals surface area contributed by atoms with Crippen LogP contribution in [0.5, 0.6) is 0 Å². The fourth-order valence-corrected chi connectivity index (χ4v) is 1.90. The summed E-state index contributed by atoms with van der Waals surface area (Å²) in [5, 5.41) is 8.13. The zero-order valence-corrected chi connectivity index (χ0v) is 26.0. The van der Waals surface area contributed by atoms with Gasteiger partial charge < -0.3 is 20.7 Å². The van der Waals surface area contributed by atoms with Crippen LogP contribution in [-0.2, 0) is 23.9 Å². The van der Waals surface area contributed by atoms with Crippen LogP contribution in [-0.4, -0.2) is 54.3 Å². The van der Waals surface area contributed by atoms with Crippen molar-refractivity contribution in [2.45, 2.75) is 120 Å². The van der Waals surface area contributed by atoms with E-state index in [1.165, 1.54) is 13.8 Å². The lowest BCUT2D eigenvalue weighted by Crippen LogP contribution is -2.29. The number of rotatable bonds is 8. The van der Waals surface area contributed by atoms with Gasteiger partial charge in [-0.1, -0.05) is 23.7 Å². The third-order valence-electron chi connectivity index (χ3n) is 3.06. The van der Waals surface area contributed by atoms with Gasteiger partial charge in [-0.15, -0.1) is 0 Å². The van der Waals surface area contributed by atoms with E-state index in [0.717, 1.165) is 0 Å². The molecule has 0 aliphatic carbocycles. The highest BCUT2D eigenvalue weighted by Gasteiger charge is 1.99. The summed E-state index contributed by atoms with van der Waals surface area (Å²) in [6.45, 7) is 22.0. The van der Waals surface area contributed by atoms with Gasteiger partial charge in [0.2, 0.25) is 17.7 Å². The lowest BCUT2D eigenvalue weighted by molar-refractivity contribution is -0.123. The van der Waals surface area contributed by atoms with E-state index in [2.05, 4.69) is 63.3 Å². The second-order valence-electron chi connectivity index (χ2n) is 9.07. The van der Waals surface area contributed by atoms with Gasteiger partial charge in [0.15, 0.2) is 5.78 Å². The highest BCUT2D eigenvalue weighted by molar-refractivity contribution is 5.79. The molecule has 0 aromatic heterocycles. The molecule has 8 nitrogen and oxygen atoms in total. The number of ether oxygens (including phenoxy) is 1. The SMILES string of the molecule is CC#CC#CCC(=O)NC(C)C.CC#CC#CCC(=O)NC(C)C.CC(=O)COC(C)C.CC(=O)NC(C)C. The van der Waals surface area contributed by atoms with E-state index >= 15 is 0 Å². The number of hydrogen-bond acceptors (Lipinski definition) is 5. The van der Waals surface area contributed by atoms with Crippen LogP contribution in [0, 0.1) is 47.4 Å². The van der Waals surface area contributed by atoms with E-state index in [0.29, 0.717) is 0 Å². The van der Waals surface area contributed by atoms with Crippen LogP contribution in [0.3, 0.4) is 0 Å². The van der Waals surface area contributed by atoms with Crippen LogP contribution < -0.4 is 16.0 Å². The third-order valence-corrected chi connectivity index (χ3v) is 3.06.